The highest BCUT2D eigenvalue weighted by Crippen LogP contribution is 2.19. The summed E-state index contributed by atoms with van der Waals surface area (Å²) in [6.45, 7) is 8.76. The minimum atomic E-state index is -3.46. The van der Waals surface area contributed by atoms with Crippen LogP contribution < -0.4 is 0 Å². The lowest BCUT2D eigenvalue weighted by molar-refractivity contribution is 0.144. The van der Waals surface area contributed by atoms with Crippen LogP contribution in [0.25, 0.3) is 5.69 Å². The number of rotatable bonds is 5. The third-order valence-electron chi connectivity index (χ3n) is 5.67. The molecule has 0 atom stereocenters. The van der Waals surface area contributed by atoms with Crippen molar-refractivity contribution in [2.24, 2.45) is 0 Å². The van der Waals surface area contributed by atoms with E-state index < -0.39 is 10.0 Å². The average Bonchev–Trinajstić information content (AvgIpc) is 3.09. The zero-order chi connectivity index (χ0) is 22.2. The molecule has 1 saturated heterocycles. The van der Waals surface area contributed by atoms with Gasteiger partial charge in [0.1, 0.15) is 6.33 Å². The van der Waals surface area contributed by atoms with Gasteiger partial charge in [-0.1, -0.05) is 35.4 Å². The number of aryl methyl sites for hydroxylation is 3. The molecular formula is C22H27N5O2S2. The van der Waals surface area contributed by atoms with Crippen molar-refractivity contribution in [1.82, 2.24) is 23.6 Å². The van der Waals surface area contributed by atoms with Crippen LogP contribution in [0.3, 0.4) is 0 Å². The topological polar surface area (TPSA) is 63.4 Å². The molecule has 0 unspecified atom stereocenters. The van der Waals surface area contributed by atoms with Gasteiger partial charge in [-0.25, -0.2) is 13.1 Å². The van der Waals surface area contributed by atoms with Gasteiger partial charge in [-0.05, 0) is 56.8 Å². The Morgan fingerprint density at radius 1 is 0.935 bits per heavy atom. The summed E-state index contributed by atoms with van der Waals surface area (Å²) >= 11 is 5.66. The van der Waals surface area contributed by atoms with E-state index in [1.807, 2.05) is 23.6 Å². The maximum Gasteiger partial charge on any atom is 0.243 e. The standard InChI is InChI=1S/C22H27N5O2S2/c1-17-4-7-20(8-5-17)31(28,29)25-12-10-24(11-13-25)16-27-22(30)26(15-23-27)21-9-6-18(2)14-19(21)3/h4-9,14-15H,10-13,16H2,1-3H3. The van der Waals surface area contributed by atoms with E-state index in [2.05, 4.69) is 42.0 Å². The Bertz CT molecular complexity index is 1240. The molecule has 164 valence electrons. The lowest BCUT2D eigenvalue weighted by Crippen LogP contribution is -2.48. The van der Waals surface area contributed by atoms with Crippen LogP contribution in [0.2, 0.25) is 0 Å². The molecule has 1 aliphatic rings. The van der Waals surface area contributed by atoms with Gasteiger partial charge >= 0.3 is 0 Å². The second kappa shape index (κ2) is 8.66. The van der Waals surface area contributed by atoms with Crippen molar-refractivity contribution in [2.75, 3.05) is 26.2 Å². The average molecular weight is 458 g/mol. The molecule has 9 heteroatoms. The number of sulfonamides is 1. The molecule has 0 amide bonds. The summed E-state index contributed by atoms with van der Waals surface area (Å²) in [6, 6.07) is 13.3. The van der Waals surface area contributed by atoms with Gasteiger partial charge in [0.2, 0.25) is 14.8 Å². The minimum Gasteiger partial charge on any atom is -0.282 e. The maximum absolute atomic E-state index is 12.9. The van der Waals surface area contributed by atoms with Crippen LogP contribution in [0, 0.1) is 25.5 Å². The van der Waals surface area contributed by atoms with Crippen molar-refractivity contribution in [3.63, 3.8) is 0 Å². The lowest BCUT2D eigenvalue weighted by Gasteiger charge is -2.33. The Labute approximate surface area is 188 Å². The molecule has 3 aromatic rings. The molecule has 2 aromatic carbocycles. The summed E-state index contributed by atoms with van der Waals surface area (Å²) in [7, 11) is -3.46. The normalized spacial score (nSPS) is 16.0. The Morgan fingerprint density at radius 2 is 1.58 bits per heavy atom. The van der Waals surface area contributed by atoms with Crippen LogP contribution in [-0.2, 0) is 16.7 Å². The Balaban J connectivity index is 1.43. The summed E-state index contributed by atoms with van der Waals surface area (Å²) in [5.74, 6) is 0. The molecule has 1 fully saturated rings. The summed E-state index contributed by atoms with van der Waals surface area (Å²) in [6.07, 6.45) is 1.75. The van der Waals surface area contributed by atoms with E-state index in [0.717, 1.165) is 16.8 Å². The summed E-state index contributed by atoms with van der Waals surface area (Å²) in [4.78, 5) is 2.53. The number of benzene rings is 2. The molecule has 1 aliphatic heterocycles. The van der Waals surface area contributed by atoms with Gasteiger partial charge in [0, 0.05) is 26.2 Å². The van der Waals surface area contributed by atoms with Crippen LogP contribution in [0.5, 0.6) is 0 Å². The van der Waals surface area contributed by atoms with Gasteiger partial charge in [-0.3, -0.25) is 9.47 Å². The first-order valence-corrected chi connectivity index (χ1v) is 12.1. The molecule has 7 nitrogen and oxygen atoms in total. The quantitative estimate of drug-likeness (QED) is 0.550. The Morgan fingerprint density at radius 3 is 2.23 bits per heavy atom. The fourth-order valence-electron chi connectivity index (χ4n) is 3.84. The van der Waals surface area contributed by atoms with E-state index in [9.17, 15) is 8.42 Å². The number of hydrogen-bond donors (Lipinski definition) is 0. The summed E-state index contributed by atoms with van der Waals surface area (Å²) < 4.78 is 31.7. The number of aromatic nitrogens is 3. The molecule has 0 bridgehead atoms. The molecular weight excluding hydrogens is 430 g/mol. The third kappa shape index (κ3) is 4.50. The third-order valence-corrected chi connectivity index (χ3v) is 7.99. The molecule has 1 aromatic heterocycles. The molecule has 0 N–H and O–H groups in total. The van der Waals surface area contributed by atoms with E-state index in [-0.39, 0.29) is 0 Å². The van der Waals surface area contributed by atoms with Gasteiger partial charge in [-0.2, -0.15) is 9.40 Å². The van der Waals surface area contributed by atoms with Crippen molar-refractivity contribution in [2.45, 2.75) is 32.3 Å². The zero-order valence-electron chi connectivity index (χ0n) is 18.0. The molecule has 2 heterocycles. The smallest absolute Gasteiger partial charge is 0.243 e. The fourth-order valence-corrected chi connectivity index (χ4v) is 5.51. The highest BCUT2D eigenvalue weighted by atomic mass is 32.2. The predicted octanol–water partition coefficient (Wildman–Crippen LogP) is 3.29. The van der Waals surface area contributed by atoms with Gasteiger partial charge in [-0.15, -0.1) is 0 Å². The Kier molecular flexibility index (Phi) is 6.11. The zero-order valence-corrected chi connectivity index (χ0v) is 19.7. The molecule has 31 heavy (non-hydrogen) atoms. The molecule has 0 spiro atoms. The minimum absolute atomic E-state index is 0.348. The highest BCUT2D eigenvalue weighted by Gasteiger charge is 2.28. The predicted molar refractivity (Wildman–Crippen MR) is 123 cm³/mol. The van der Waals surface area contributed by atoms with Crippen LogP contribution >= 0.6 is 12.2 Å². The van der Waals surface area contributed by atoms with Crippen LogP contribution in [0.1, 0.15) is 16.7 Å². The van der Waals surface area contributed by atoms with Crippen LogP contribution in [0.4, 0.5) is 0 Å². The van der Waals surface area contributed by atoms with Crippen molar-refractivity contribution < 1.29 is 8.42 Å². The molecule has 0 aliphatic carbocycles. The molecule has 0 radical (unpaired) electrons. The van der Waals surface area contributed by atoms with E-state index in [1.54, 1.807) is 27.4 Å². The van der Waals surface area contributed by atoms with Gasteiger partial charge in [0.25, 0.3) is 0 Å². The number of piperazine rings is 1. The summed E-state index contributed by atoms with van der Waals surface area (Å²) in [5, 5.41) is 4.48. The van der Waals surface area contributed by atoms with Gasteiger partial charge < -0.3 is 0 Å². The van der Waals surface area contributed by atoms with E-state index in [1.165, 1.54) is 5.56 Å². The highest BCUT2D eigenvalue weighted by molar-refractivity contribution is 7.89. The monoisotopic (exact) mass is 457 g/mol. The number of nitrogens with zero attached hydrogens (tertiary/aromatic N) is 5. The second-order valence-electron chi connectivity index (χ2n) is 8.05. The second-order valence-corrected chi connectivity index (χ2v) is 10.4. The van der Waals surface area contributed by atoms with Crippen molar-refractivity contribution in [3.8, 4) is 5.69 Å². The van der Waals surface area contributed by atoms with E-state index in [4.69, 9.17) is 12.2 Å². The summed E-state index contributed by atoms with van der Waals surface area (Å²) in [5.41, 5.74) is 4.42. The molecule has 4 rings (SSSR count). The van der Waals surface area contributed by atoms with Crippen LogP contribution in [-0.4, -0.2) is 58.1 Å². The lowest BCUT2D eigenvalue weighted by atomic mass is 10.1. The van der Waals surface area contributed by atoms with E-state index >= 15 is 0 Å². The fraction of sp³-hybridized carbons (Fsp3) is 0.364. The van der Waals surface area contributed by atoms with Gasteiger partial charge in [0.15, 0.2) is 0 Å². The first-order valence-electron chi connectivity index (χ1n) is 10.3. The van der Waals surface area contributed by atoms with Crippen molar-refractivity contribution in [1.29, 1.82) is 0 Å². The largest absolute Gasteiger partial charge is 0.282 e. The van der Waals surface area contributed by atoms with Crippen LogP contribution in [0.15, 0.2) is 53.7 Å². The first-order chi connectivity index (χ1) is 14.8. The molecule has 0 saturated carbocycles. The Hall–Kier alpha value is -2.33. The van der Waals surface area contributed by atoms with Crippen molar-refractivity contribution >= 4 is 22.2 Å². The first kappa shape index (κ1) is 21.9. The maximum atomic E-state index is 12.9. The van der Waals surface area contributed by atoms with E-state index in [0.29, 0.717) is 42.5 Å². The SMILES string of the molecule is Cc1ccc(S(=O)(=O)N2CCN(Cn3ncn(-c4ccc(C)cc4C)c3=S)CC2)cc1. The number of hydrogen-bond acceptors (Lipinski definition) is 5. The van der Waals surface area contributed by atoms with Gasteiger partial charge in [0.05, 0.1) is 17.3 Å². The van der Waals surface area contributed by atoms with Crippen molar-refractivity contribution in [3.05, 3.63) is 70.3 Å².